The summed E-state index contributed by atoms with van der Waals surface area (Å²) < 4.78 is 0. The number of carboxylic acids is 1. The van der Waals surface area contributed by atoms with Gasteiger partial charge in [-0.3, -0.25) is 4.79 Å². The van der Waals surface area contributed by atoms with E-state index in [9.17, 15) is 0 Å². The van der Waals surface area contributed by atoms with Crippen molar-refractivity contribution >= 4 is 68.1 Å². The SMILES string of the molecule is CC(=O)O.[K].c1ccc2ccccc2c1. The Labute approximate surface area is 132 Å². The summed E-state index contributed by atoms with van der Waals surface area (Å²) in [7, 11) is 0. The summed E-state index contributed by atoms with van der Waals surface area (Å²) in [5.41, 5.74) is 0. The number of hydrogen-bond acceptors (Lipinski definition) is 1. The maximum Gasteiger partial charge on any atom is 0.300 e. The molecule has 0 aliphatic carbocycles. The van der Waals surface area contributed by atoms with Crippen LogP contribution in [0.3, 0.4) is 0 Å². The third-order valence-corrected chi connectivity index (χ3v) is 1.66. The summed E-state index contributed by atoms with van der Waals surface area (Å²) in [5.74, 6) is -0.833. The fraction of sp³-hybridized carbons (Fsp3) is 0.0833. The van der Waals surface area contributed by atoms with Crippen LogP contribution >= 0.6 is 0 Å². The Morgan fingerprint density at radius 3 is 1.33 bits per heavy atom. The van der Waals surface area contributed by atoms with Crippen molar-refractivity contribution in [2.45, 2.75) is 6.92 Å². The van der Waals surface area contributed by atoms with Gasteiger partial charge in [0.1, 0.15) is 0 Å². The second-order valence-electron chi connectivity index (χ2n) is 2.87. The minimum atomic E-state index is -0.833. The third kappa shape index (κ3) is 6.07. The summed E-state index contributed by atoms with van der Waals surface area (Å²) in [6.45, 7) is 1.08. The van der Waals surface area contributed by atoms with Gasteiger partial charge in [0, 0.05) is 58.3 Å². The van der Waals surface area contributed by atoms with Crippen LogP contribution in [0.15, 0.2) is 48.5 Å². The Morgan fingerprint density at radius 1 is 0.933 bits per heavy atom. The fourth-order valence-corrected chi connectivity index (χ4v) is 1.13. The molecule has 0 atom stereocenters. The van der Waals surface area contributed by atoms with Crippen molar-refractivity contribution in [2.24, 2.45) is 0 Å². The largest absolute Gasteiger partial charge is 0.481 e. The molecule has 0 aromatic heterocycles. The average Bonchev–Trinajstić information content (AvgIpc) is 2.17. The normalized spacial score (nSPS) is 8.33. The fourth-order valence-electron chi connectivity index (χ4n) is 1.13. The first-order valence-electron chi connectivity index (χ1n) is 4.33. The van der Waals surface area contributed by atoms with Crippen molar-refractivity contribution < 1.29 is 9.90 Å². The predicted molar refractivity (Wildman–Crippen MR) is 63.0 cm³/mol. The molecule has 0 heterocycles. The third-order valence-electron chi connectivity index (χ3n) is 1.66. The number of carboxylic acid groups (broad SMARTS) is 1. The molecule has 2 aromatic rings. The van der Waals surface area contributed by atoms with Crippen molar-refractivity contribution in [1.29, 1.82) is 0 Å². The average molecular weight is 227 g/mol. The first-order valence-corrected chi connectivity index (χ1v) is 4.33. The van der Waals surface area contributed by atoms with Crippen LogP contribution in [0.5, 0.6) is 0 Å². The predicted octanol–water partition coefficient (Wildman–Crippen LogP) is 2.55. The van der Waals surface area contributed by atoms with E-state index in [0.717, 1.165) is 6.92 Å². The molecule has 0 spiro atoms. The van der Waals surface area contributed by atoms with Gasteiger partial charge in [-0.2, -0.15) is 0 Å². The Kier molecular flexibility index (Phi) is 7.91. The van der Waals surface area contributed by atoms with Gasteiger partial charge in [0.2, 0.25) is 0 Å². The number of carbonyl (C=O) groups is 1. The Hall–Kier alpha value is -0.194. The molecule has 2 nitrogen and oxygen atoms in total. The molecule has 0 fully saturated rings. The molecular formula is C12H12KO2. The summed E-state index contributed by atoms with van der Waals surface area (Å²) in [6.07, 6.45) is 0. The van der Waals surface area contributed by atoms with E-state index >= 15 is 0 Å². The van der Waals surface area contributed by atoms with E-state index in [4.69, 9.17) is 9.90 Å². The number of hydrogen-bond donors (Lipinski definition) is 1. The summed E-state index contributed by atoms with van der Waals surface area (Å²) in [6, 6.07) is 16.7. The van der Waals surface area contributed by atoms with E-state index in [1.807, 2.05) is 0 Å². The monoisotopic (exact) mass is 227 g/mol. The van der Waals surface area contributed by atoms with E-state index in [0.29, 0.717) is 0 Å². The standard InChI is InChI=1S/C10H8.C2H4O2.K/c1-2-6-10-8-4-3-7-9(10)5-1;1-2(3)4;/h1-8H;1H3,(H,3,4);. The maximum absolute atomic E-state index is 9.00. The smallest absolute Gasteiger partial charge is 0.300 e. The van der Waals surface area contributed by atoms with Gasteiger partial charge in [0.15, 0.2) is 0 Å². The quantitative estimate of drug-likeness (QED) is 0.702. The Morgan fingerprint density at radius 2 is 1.13 bits per heavy atom. The summed E-state index contributed by atoms with van der Waals surface area (Å²) >= 11 is 0. The molecule has 0 saturated carbocycles. The van der Waals surface area contributed by atoms with Crippen molar-refractivity contribution in [3.05, 3.63) is 48.5 Å². The Balaban J connectivity index is 0.000000346. The van der Waals surface area contributed by atoms with Gasteiger partial charge in [-0.15, -0.1) is 0 Å². The second kappa shape index (κ2) is 8.02. The van der Waals surface area contributed by atoms with E-state index in [2.05, 4.69) is 48.5 Å². The zero-order valence-electron chi connectivity index (χ0n) is 8.97. The maximum atomic E-state index is 9.00. The molecular weight excluding hydrogens is 215 g/mol. The van der Waals surface area contributed by atoms with Crippen LogP contribution in [-0.2, 0) is 4.79 Å². The number of benzene rings is 2. The molecule has 0 saturated heterocycles. The summed E-state index contributed by atoms with van der Waals surface area (Å²) in [4.78, 5) is 9.00. The van der Waals surface area contributed by atoms with Crippen LogP contribution in [0.1, 0.15) is 6.92 Å². The van der Waals surface area contributed by atoms with Crippen molar-refractivity contribution in [1.82, 2.24) is 0 Å². The Bertz CT molecular complexity index is 357. The zero-order valence-corrected chi connectivity index (χ0v) is 12.1. The van der Waals surface area contributed by atoms with Crippen molar-refractivity contribution in [3.63, 3.8) is 0 Å². The van der Waals surface area contributed by atoms with E-state index in [1.165, 1.54) is 10.8 Å². The first kappa shape index (κ1) is 14.8. The van der Waals surface area contributed by atoms with E-state index < -0.39 is 5.97 Å². The molecule has 0 amide bonds. The zero-order chi connectivity index (χ0) is 10.4. The molecule has 0 bridgehead atoms. The van der Waals surface area contributed by atoms with Crippen molar-refractivity contribution in [3.8, 4) is 0 Å². The molecule has 2 rings (SSSR count). The summed E-state index contributed by atoms with van der Waals surface area (Å²) in [5, 5.41) is 10.0. The van der Waals surface area contributed by atoms with Crippen LogP contribution < -0.4 is 0 Å². The molecule has 73 valence electrons. The van der Waals surface area contributed by atoms with Crippen LogP contribution in [-0.4, -0.2) is 62.5 Å². The number of aliphatic carboxylic acids is 1. The van der Waals surface area contributed by atoms with Gasteiger partial charge in [-0.1, -0.05) is 48.5 Å². The molecule has 0 aliphatic heterocycles. The van der Waals surface area contributed by atoms with Gasteiger partial charge in [-0.05, 0) is 10.8 Å². The van der Waals surface area contributed by atoms with Crippen LogP contribution in [0.4, 0.5) is 0 Å². The van der Waals surface area contributed by atoms with Crippen LogP contribution in [0.25, 0.3) is 10.8 Å². The number of fused-ring (bicyclic) bond motifs is 1. The minimum absolute atomic E-state index is 0. The second-order valence-corrected chi connectivity index (χ2v) is 2.87. The van der Waals surface area contributed by atoms with Gasteiger partial charge < -0.3 is 5.11 Å². The molecule has 2 aromatic carbocycles. The number of rotatable bonds is 0. The molecule has 0 unspecified atom stereocenters. The van der Waals surface area contributed by atoms with E-state index in [1.54, 1.807) is 0 Å². The topological polar surface area (TPSA) is 37.3 Å². The van der Waals surface area contributed by atoms with Gasteiger partial charge in [0.25, 0.3) is 5.97 Å². The van der Waals surface area contributed by atoms with Gasteiger partial charge >= 0.3 is 0 Å². The first-order chi connectivity index (χ1) is 6.70. The van der Waals surface area contributed by atoms with Crippen LogP contribution in [0, 0.1) is 0 Å². The molecule has 3 heteroatoms. The molecule has 1 radical (unpaired) electrons. The van der Waals surface area contributed by atoms with Crippen LogP contribution in [0.2, 0.25) is 0 Å². The van der Waals surface area contributed by atoms with E-state index in [-0.39, 0.29) is 51.4 Å². The molecule has 15 heavy (non-hydrogen) atoms. The minimum Gasteiger partial charge on any atom is -0.481 e. The molecule has 0 aliphatic rings. The van der Waals surface area contributed by atoms with Gasteiger partial charge in [-0.25, -0.2) is 0 Å². The van der Waals surface area contributed by atoms with Gasteiger partial charge in [0.05, 0.1) is 0 Å². The molecule has 1 N–H and O–H groups in total. The van der Waals surface area contributed by atoms with Crippen molar-refractivity contribution in [2.75, 3.05) is 0 Å².